The van der Waals surface area contributed by atoms with Crippen molar-refractivity contribution in [2.24, 2.45) is 0 Å². The van der Waals surface area contributed by atoms with E-state index in [4.69, 9.17) is 4.74 Å². The lowest BCUT2D eigenvalue weighted by Crippen LogP contribution is -2.36. The lowest BCUT2D eigenvalue weighted by atomic mass is 10.1. The Kier molecular flexibility index (Phi) is 6.86. The van der Waals surface area contributed by atoms with Crippen LogP contribution in [0.15, 0.2) is 59.5 Å². The minimum atomic E-state index is -0.507. The summed E-state index contributed by atoms with van der Waals surface area (Å²) in [4.78, 5) is 40.2. The Morgan fingerprint density at radius 2 is 1.70 bits per heavy atom. The molecule has 190 valence electrons. The van der Waals surface area contributed by atoms with E-state index in [1.54, 1.807) is 24.3 Å². The average molecular weight is 519 g/mol. The number of hydrogen-bond acceptors (Lipinski definition) is 7. The van der Waals surface area contributed by atoms with Crippen LogP contribution in [0.4, 0.5) is 16.2 Å². The predicted molar refractivity (Wildman–Crippen MR) is 143 cm³/mol. The summed E-state index contributed by atoms with van der Waals surface area (Å²) in [6, 6.07) is 16.5. The quantitative estimate of drug-likeness (QED) is 0.255. The third kappa shape index (κ3) is 4.90. The van der Waals surface area contributed by atoms with Gasteiger partial charge in [-0.2, -0.15) is 0 Å². The Hall–Kier alpha value is -3.89. The highest BCUT2D eigenvalue weighted by molar-refractivity contribution is 8.18. The molecule has 0 spiro atoms. The standard InChI is InChI=1S/C27H26N4O5S/c1-18-15-21(19(2)30(18)23-9-7-22(8-10-23)28-11-13-36-14-12-28)16-25-26(32)29(27(33)37-25)17-20-5-3-4-6-24(20)31(34)35/h3-10,15-16H,11-14,17H2,1-2H3/b25-16-. The molecule has 3 aromatic rings. The van der Waals surface area contributed by atoms with Crippen LogP contribution in [0.5, 0.6) is 0 Å². The van der Waals surface area contributed by atoms with Crippen LogP contribution in [0.2, 0.25) is 0 Å². The van der Waals surface area contributed by atoms with E-state index in [0.29, 0.717) is 10.5 Å². The molecule has 0 aliphatic carbocycles. The van der Waals surface area contributed by atoms with Gasteiger partial charge in [-0.15, -0.1) is 0 Å². The molecule has 1 aromatic heterocycles. The van der Waals surface area contributed by atoms with Crippen molar-refractivity contribution >= 4 is 40.4 Å². The summed E-state index contributed by atoms with van der Waals surface area (Å²) in [6.45, 7) is 7.04. The number of nitro benzene ring substituents is 1. The summed E-state index contributed by atoms with van der Waals surface area (Å²) in [5, 5.41) is 10.9. The summed E-state index contributed by atoms with van der Waals surface area (Å²) in [5.74, 6) is -0.451. The minimum absolute atomic E-state index is 0.117. The van der Waals surface area contributed by atoms with Gasteiger partial charge in [0.05, 0.1) is 29.6 Å². The molecule has 2 amide bonds. The van der Waals surface area contributed by atoms with Crippen molar-refractivity contribution in [3.8, 4) is 5.69 Å². The van der Waals surface area contributed by atoms with E-state index in [1.165, 1.54) is 6.07 Å². The Bertz CT molecular complexity index is 1410. The SMILES string of the molecule is Cc1cc(/C=C2\SC(=O)N(Cc3ccccc3[N+](=O)[O-])C2=O)c(C)n1-c1ccc(N2CCOCC2)cc1. The van der Waals surface area contributed by atoms with Gasteiger partial charge < -0.3 is 14.2 Å². The lowest BCUT2D eigenvalue weighted by molar-refractivity contribution is -0.385. The normalized spacial score (nSPS) is 17.2. The van der Waals surface area contributed by atoms with Gasteiger partial charge in [-0.25, -0.2) is 0 Å². The Labute approximate surface area is 218 Å². The molecule has 2 aromatic carbocycles. The number of carbonyl (C=O) groups is 2. The van der Waals surface area contributed by atoms with Crippen molar-refractivity contribution < 1.29 is 19.2 Å². The third-order valence-corrected chi connectivity index (χ3v) is 7.54. The summed E-state index contributed by atoms with van der Waals surface area (Å²) in [5.41, 5.74) is 5.15. The fraction of sp³-hybridized carbons (Fsp3) is 0.259. The zero-order chi connectivity index (χ0) is 26.1. The molecule has 2 fully saturated rings. The molecule has 37 heavy (non-hydrogen) atoms. The van der Waals surface area contributed by atoms with Crippen molar-refractivity contribution in [3.05, 3.63) is 92.1 Å². The number of nitrogens with zero attached hydrogens (tertiary/aromatic N) is 4. The molecule has 0 atom stereocenters. The maximum Gasteiger partial charge on any atom is 0.293 e. The van der Waals surface area contributed by atoms with Crippen LogP contribution >= 0.6 is 11.8 Å². The number of amides is 2. The Morgan fingerprint density at radius 1 is 1.03 bits per heavy atom. The molecule has 2 aliphatic heterocycles. The first kappa shape index (κ1) is 24.8. The van der Waals surface area contributed by atoms with Gasteiger partial charge in [0.15, 0.2) is 0 Å². The predicted octanol–water partition coefficient (Wildman–Crippen LogP) is 5.08. The van der Waals surface area contributed by atoms with Crippen molar-refractivity contribution in [2.45, 2.75) is 20.4 Å². The molecule has 5 rings (SSSR count). The first-order valence-electron chi connectivity index (χ1n) is 11.9. The fourth-order valence-corrected chi connectivity index (χ4v) is 5.56. The van der Waals surface area contributed by atoms with Gasteiger partial charge >= 0.3 is 0 Å². The molecule has 0 saturated carbocycles. The summed E-state index contributed by atoms with van der Waals surface area (Å²) >= 11 is 0.851. The van der Waals surface area contributed by atoms with Gasteiger partial charge in [-0.3, -0.25) is 24.6 Å². The van der Waals surface area contributed by atoms with E-state index in [2.05, 4.69) is 33.7 Å². The number of benzene rings is 2. The number of aromatic nitrogens is 1. The van der Waals surface area contributed by atoms with Crippen LogP contribution in [0, 0.1) is 24.0 Å². The largest absolute Gasteiger partial charge is 0.378 e. The summed E-state index contributed by atoms with van der Waals surface area (Å²) < 4.78 is 7.56. The van der Waals surface area contributed by atoms with Crippen LogP contribution in [0.1, 0.15) is 22.5 Å². The average Bonchev–Trinajstić information content (AvgIpc) is 3.33. The van der Waals surface area contributed by atoms with Gasteiger partial charge in [-0.1, -0.05) is 18.2 Å². The van der Waals surface area contributed by atoms with Gasteiger partial charge in [0.25, 0.3) is 16.8 Å². The first-order valence-corrected chi connectivity index (χ1v) is 12.7. The molecular weight excluding hydrogens is 492 g/mol. The van der Waals surface area contributed by atoms with E-state index in [0.717, 1.165) is 71.3 Å². The fourth-order valence-electron chi connectivity index (χ4n) is 4.74. The van der Waals surface area contributed by atoms with Gasteiger partial charge in [0.2, 0.25) is 0 Å². The topological polar surface area (TPSA) is 97.9 Å². The van der Waals surface area contributed by atoms with Gasteiger partial charge in [0.1, 0.15) is 0 Å². The zero-order valence-corrected chi connectivity index (χ0v) is 21.4. The number of morpholine rings is 1. The highest BCUT2D eigenvalue weighted by Gasteiger charge is 2.36. The van der Waals surface area contributed by atoms with Crippen molar-refractivity contribution in [1.29, 1.82) is 0 Å². The molecule has 3 heterocycles. The molecule has 0 radical (unpaired) electrons. The third-order valence-electron chi connectivity index (χ3n) is 6.63. The number of hydrogen-bond donors (Lipinski definition) is 0. The second-order valence-corrected chi connectivity index (χ2v) is 9.92. The van der Waals surface area contributed by atoms with E-state index in [-0.39, 0.29) is 12.2 Å². The second-order valence-electron chi connectivity index (χ2n) is 8.93. The van der Waals surface area contributed by atoms with Crippen LogP contribution < -0.4 is 4.90 Å². The monoisotopic (exact) mass is 518 g/mol. The van der Waals surface area contributed by atoms with Crippen molar-refractivity contribution in [2.75, 3.05) is 31.2 Å². The van der Waals surface area contributed by atoms with Gasteiger partial charge in [-0.05, 0) is 67.6 Å². The van der Waals surface area contributed by atoms with E-state index < -0.39 is 16.1 Å². The highest BCUT2D eigenvalue weighted by Crippen LogP contribution is 2.35. The number of carbonyl (C=O) groups excluding carboxylic acids is 2. The van der Waals surface area contributed by atoms with Crippen LogP contribution in [-0.2, 0) is 16.1 Å². The van der Waals surface area contributed by atoms with Crippen LogP contribution in [-0.4, -0.2) is 51.8 Å². The molecule has 0 bridgehead atoms. The minimum Gasteiger partial charge on any atom is -0.378 e. The van der Waals surface area contributed by atoms with E-state index >= 15 is 0 Å². The van der Waals surface area contributed by atoms with Crippen molar-refractivity contribution in [3.63, 3.8) is 0 Å². The number of aryl methyl sites for hydroxylation is 1. The maximum absolute atomic E-state index is 13.1. The number of anilines is 1. The lowest BCUT2D eigenvalue weighted by Gasteiger charge is -2.29. The number of rotatable bonds is 6. The van der Waals surface area contributed by atoms with E-state index in [9.17, 15) is 19.7 Å². The number of imide groups is 1. The molecule has 0 unspecified atom stereocenters. The number of para-hydroxylation sites is 1. The van der Waals surface area contributed by atoms with Gasteiger partial charge in [0, 0.05) is 47.5 Å². The molecular formula is C27H26N4O5S. The smallest absolute Gasteiger partial charge is 0.293 e. The van der Waals surface area contributed by atoms with E-state index in [1.807, 2.05) is 19.9 Å². The molecule has 2 saturated heterocycles. The molecule has 2 aliphatic rings. The Balaban J connectivity index is 1.38. The molecule has 0 N–H and O–H groups in total. The number of ether oxygens (including phenoxy) is 1. The summed E-state index contributed by atoms with van der Waals surface area (Å²) in [7, 11) is 0. The molecule has 9 nitrogen and oxygen atoms in total. The summed E-state index contributed by atoms with van der Waals surface area (Å²) in [6.07, 6.45) is 1.73. The number of nitro groups is 1. The van der Waals surface area contributed by atoms with Crippen molar-refractivity contribution in [1.82, 2.24) is 9.47 Å². The zero-order valence-electron chi connectivity index (χ0n) is 20.5. The van der Waals surface area contributed by atoms with Crippen LogP contribution in [0.25, 0.3) is 11.8 Å². The Morgan fingerprint density at radius 3 is 2.41 bits per heavy atom. The second kappa shape index (κ2) is 10.2. The molecule has 10 heteroatoms. The highest BCUT2D eigenvalue weighted by atomic mass is 32.2. The number of thioether (sulfide) groups is 1. The first-order chi connectivity index (χ1) is 17.8. The maximum atomic E-state index is 13.1. The van der Waals surface area contributed by atoms with Crippen LogP contribution in [0.3, 0.4) is 0 Å².